The molecular weight excluding hydrogens is 472 g/mol. The minimum Gasteiger partial charge on any atom is -0.465 e. The second-order valence-electron chi connectivity index (χ2n) is 9.51. The Morgan fingerprint density at radius 3 is 2.76 bits per heavy atom. The Kier molecular flexibility index (Phi) is 6.66. The van der Waals surface area contributed by atoms with Crippen molar-refractivity contribution in [2.75, 3.05) is 23.8 Å². The van der Waals surface area contributed by atoms with Gasteiger partial charge >= 0.3 is 6.09 Å². The molecule has 2 aliphatic rings. The van der Waals surface area contributed by atoms with Crippen molar-refractivity contribution < 1.29 is 19.5 Å². The van der Waals surface area contributed by atoms with Crippen LogP contribution in [0.4, 0.5) is 16.2 Å². The summed E-state index contributed by atoms with van der Waals surface area (Å²) in [5.41, 5.74) is 10.8. The van der Waals surface area contributed by atoms with Crippen molar-refractivity contribution >= 4 is 29.3 Å². The van der Waals surface area contributed by atoms with Crippen LogP contribution in [-0.2, 0) is 17.8 Å². The van der Waals surface area contributed by atoms with Crippen LogP contribution in [0.3, 0.4) is 0 Å². The average molecular weight is 503 g/mol. The van der Waals surface area contributed by atoms with Crippen molar-refractivity contribution in [3.05, 3.63) is 65.1 Å². The lowest BCUT2D eigenvalue weighted by molar-refractivity contribution is -0.116. The Labute approximate surface area is 214 Å². The molecule has 37 heavy (non-hydrogen) atoms. The lowest BCUT2D eigenvalue weighted by atomic mass is 9.94. The number of amides is 3. The normalized spacial score (nSPS) is 17.7. The van der Waals surface area contributed by atoms with Crippen molar-refractivity contribution in [2.45, 2.75) is 44.7 Å². The van der Waals surface area contributed by atoms with Gasteiger partial charge in [-0.15, -0.1) is 0 Å². The molecule has 5 N–H and O–H groups in total. The Morgan fingerprint density at radius 1 is 1.16 bits per heavy atom. The number of hydrogen-bond acceptors (Lipinski definition) is 5. The molecule has 0 spiro atoms. The van der Waals surface area contributed by atoms with Crippen molar-refractivity contribution in [3.63, 3.8) is 0 Å². The van der Waals surface area contributed by atoms with E-state index in [0.29, 0.717) is 66.4 Å². The van der Waals surface area contributed by atoms with E-state index >= 15 is 0 Å². The first-order valence-corrected chi connectivity index (χ1v) is 12.4. The van der Waals surface area contributed by atoms with Crippen LogP contribution < -0.4 is 16.0 Å². The highest BCUT2D eigenvalue weighted by atomic mass is 16.4. The van der Waals surface area contributed by atoms with E-state index in [2.05, 4.69) is 15.3 Å². The number of aromatic amines is 1. The maximum absolute atomic E-state index is 13.6. The molecule has 0 aliphatic carbocycles. The van der Waals surface area contributed by atoms with Crippen molar-refractivity contribution in [1.82, 2.24) is 14.9 Å². The number of fused-ring (bicyclic) bond motifs is 5. The zero-order valence-corrected chi connectivity index (χ0v) is 20.7. The quantitative estimate of drug-likeness (QED) is 0.427. The maximum Gasteiger partial charge on any atom is 0.411 e. The highest BCUT2D eigenvalue weighted by Gasteiger charge is 2.32. The second kappa shape index (κ2) is 10.1. The molecule has 0 unspecified atom stereocenters. The number of carboxylic acid groups (broad SMARTS) is 1. The highest BCUT2D eigenvalue weighted by Crippen LogP contribution is 2.35. The third-order valence-electron chi connectivity index (χ3n) is 7.18. The van der Waals surface area contributed by atoms with Crippen LogP contribution in [0.25, 0.3) is 11.3 Å². The maximum atomic E-state index is 13.6. The van der Waals surface area contributed by atoms with E-state index in [1.54, 1.807) is 24.4 Å². The molecule has 10 heteroatoms. The number of imidazole rings is 1. The molecular formula is C27H30N6O4. The highest BCUT2D eigenvalue weighted by molar-refractivity contribution is 5.98. The molecule has 0 radical (unpaired) electrons. The van der Waals surface area contributed by atoms with E-state index in [-0.39, 0.29) is 17.9 Å². The molecule has 3 aromatic rings. The average Bonchev–Trinajstić information content (AvgIpc) is 3.38. The summed E-state index contributed by atoms with van der Waals surface area (Å²) >= 11 is 0. The van der Waals surface area contributed by atoms with Gasteiger partial charge in [-0.3, -0.25) is 14.5 Å². The summed E-state index contributed by atoms with van der Waals surface area (Å²) in [6.07, 6.45) is 3.73. The number of hydrogen-bond donors (Lipinski definition) is 4. The fraction of sp³-hybridized carbons (Fsp3) is 0.333. The van der Waals surface area contributed by atoms with Gasteiger partial charge in [-0.1, -0.05) is 18.6 Å². The summed E-state index contributed by atoms with van der Waals surface area (Å²) in [5.74, 6) is 0.515. The van der Waals surface area contributed by atoms with Crippen molar-refractivity contribution in [3.8, 4) is 11.3 Å². The number of carbonyl (C=O) groups excluding carboxylic acids is 2. The van der Waals surface area contributed by atoms with E-state index in [1.807, 2.05) is 23.1 Å². The summed E-state index contributed by atoms with van der Waals surface area (Å²) in [4.78, 5) is 48.7. The number of nitrogens with two attached hydrogens (primary N) is 1. The fourth-order valence-electron chi connectivity index (χ4n) is 5.09. The molecule has 3 amide bonds. The van der Waals surface area contributed by atoms with Gasteiger partial charge in [-0.2, -0.15) is 0 Å². The van der Waals surface area contributed by atoms with Crippen LogP contribution in [0.1, 0.15) is 59.0 Å². The van der Waals surface area contributed by atoms with Gasteiger partial charge in [0, 0.05) is 43.4 Å². The Hall–Kier alpha value is -4.18. The minimum absolute atomic E-state index is 0.0284. The van der Waals surface area contributed by atoms with Crippen LogP contribution in [0, 0.1) is 0 Å². The second-order valence-corrected chi connectivity index (χ2v) is 9.51. The smallest absolute Gasteiger partial charge is 0.411 e. The molecule has 0 saturated carbocycles. The van der Waals surface area contributed by atoms with Gasteiger partial charge in [-0.25, -0.2) is 9.78 Å². The zero-order valence-electron chi connectivity index (χ0n) is 20.7. The molecule has 0 fully saturated rings. The number of carbonyl (C=O) groups is 3. The Bertz CT molecular complexity index is 1370. The first-order chi connectivity index (χ1) is 17.9. The summed E-state index contributed by atoms with van der Waals surface area (Å²) in [5, 5.41) is 12.3. The van der Waals surface area contributed by atoms with Gasteiger partial charge in [0.25, 0.3) is 5.91 Å². The topological polar surface area (TPSA) is 145 Å². The van der Waals surface area contributed by atoms with Crippen LogP contribution in [0.15, 0.2) is 42.6 Å². The van der Waals surface area contributed by atoms with E-state index in [0.717, 1.165) is 28.9 Å². The molecule has 2 aromatic carbocycles. The van der Waals surface area contributed by atoms with Gasteiger partial charge in [-0.05, 0) is 54.7 Å². The van der Waals surface area contributed by atoms with E-state index < -0.39 is 6.09 Å². The number of anilines is 2. The molecule has 192 valence electrons. The molecule has 1 atom stereocenters. The van der Waals surface area contributed by atoms with Crippen molar-refractivity contribution in [1.29, 1.82) is 0 Å². The van der Waals surface area contributed by atoms with Gasteiger partial charge < -0.3 is 26.0 Å². The molecule has 10 nitrogen and oxygen atoms in total. The van der Waals surface area contributed by atoms with Gasteiger partial charge in [0.2, 0.25) is 5.91 Å². The predicted octanol–water partition coefficient (Wildman–Crippen LogP) is 3.90. The SMILES string of the molecule is CN(C(=O)O)c1ccc2c(c1)NC(=O)CCCC[C@H](N1CCc3cc(CN)ccc3C1=O)c1ncc-2[nH]1. The summed E-state index contributed by atoms with van der Waals surface area (Å²) in [7, 11) is 1.45. The molecule has 5 rings (SSSR count). The summed E-state index contributed by atoms with van der Waals surface area (Å²) in [6, 6.07) is 10.6. The van der Waals surface area contributed by atoms with E-state index in [1.165, 1.54) is 7.05 Å². The summed E-state index contributed by atoms with van der Waals surface area (Å²) in [6.45, 7) is 1.01. The predicted molar refractivity (Wildman–Crippen MR) is 139 cm³/mol. The number of aromatic nitrogens is 2. The van der Waals surface area contributed by atoms with Crippen LogP contribution in [0.5, 0.6) is 0 Å². The number of benzene rings is 2. The number of nitrogens with zero attached hydrogens (tertiary/aromatic N) is 3. The zero-order chi connectivity index (χ0) is 26.1. The first kappa shape index (κ1) is 24.5. The molecule has 1 aromatic heterocycles. The molecule has 3 heterocycles. The monoisotopic (exact) mass is 502 g/mol. The van der Waals surface area contributed by atoms with E-state index in [4.69, 9.17) is 5.73 Å². The van der Waals surface area contributed by atoms with Crippen molar-refractivity contribution in [2.24, 2.45) is 5.73 Å². The van der Waals surface area contributed by atoms with Gasteiger partial charge in [0.15, 0.2) is 0 Å². The third-order valence-corrected chi connectivity index (χ3v) is 7.18. The third kappa shape index (κ3) is 4.79. The minimum atomic E-state index is -1.10. The van der Waals surface area contributed by atoms with Gasteiger partial charge in [0.05, 0.1) is 23.6 Å². The number of rotatable bonds is 3. The first-order valence-electron chi connectivity index (χ1n) is 12.4. The molecule has 2 bridgehead atoms. The lowest BCUT2D eigenvalue weighted by Crippen LogP contribution is -2.41. The lowest BCUT2D eigenvalue weighted by Gasteiger charge is -2.35. The number of nitrogens with one attached hydrogen (secondary N) is 2. The standard InChI is InChI=1S/C27H30N6O4/c1-32(27(36)37)18-7-9-20-21(13-18)30-24(34)5-3-2-4-23(25-29-15-22(20)31-25)33-11-10-17-12-16(14-28)6-8-19(17)26(33)35/h6-9,12-13,15,23H,2-5,10-11,14,28H2,1H3,(H,29,31)(H,30,34)(H,36,37)/t23-/m0/s1. The van der Waals surface area contributed by atoms with Crippen LogP contribution in [-0.4, -0.2) is 51.5 Å². The Morgan fingerprint density at radius 2 is 1.97 bits per heavy atom. The summed E-state index contributed by atoms with van der Waals surface area (Å²) < 4.78 is 0. The van der Waals surface area contributed by atoms with Crippen LogP contribution >= 0.6 is 0 Å². The number of H-pyrrole nitrogens is 1. The fourth-order valence-corrected chi connectivity index (χ4v) is 5.09. The molecule has 0 saturated heterocycles. The van der Waals surface area contributed by atoms with E-state index in [9.17, 15) is 19.5 Å². The Balaban J connectivity index is 1.51. The van der Waals surface area contributed by atoms with Crippen LogP contribution in [0.2, 0.25) is 0 Å². The van der Waals surface area contributed by atoms with Gasteiger partial charge in [0.1, 0.15) is 5.82 Å². The molecule has 2 aliphatic heterocycles. The largest absolute Gasteiger partial charge is 0.465 e.